The Kier molecular flexibility index (Phi) is 3.23. The lowest BCUT2D eigenvalue weighted by atomic mass is 10.1. The first-order chi connectivity index (χ1) is 11.2. The number of amides is 1. The maximum Gasteiger partial charge on any atom is 0.253 e. The first kappa shape index (κ1) is 13.8. The third-order valence-corrected chi connectivity index (χ3v) is 4.22. The standard InChI is InChI=1S/C19H17N3O/c1-12-2-4-13(5-3-12)17-10-14(6-8-20-17)18-11-15-16(22-18)7-9-21-19(15)23/h2-6,8,10-11,22H,7,9H2,1H3,(H,21,23). The van der Waals surface area contributed by atoms with Crippen LogP contribution in [0, 0.1) is 6.92 Å². The molecule has 114 valence electrons. The van der Waals surface area contributed by atoms with Crippen LogP contribution in [0.5, 0.6) is 0 Å². The van der Waals surface area contributed by atoms with E-state index in [2.05, 4.69) is 52.5 Å². The average molecular weight is 303 g/mol. The van der Waals surface area contributed by atoms with E-state index in [0.29, 0.717) is 6.54 Å². The molecule has 4 nitrogen and oxygen atoms in total. The Morgan fingerprint density at radius 1 is 1.04 bits per heavy atom. The van der Waals surface area contributed by atoms with Crippen LogP contribution in [0.4, 0.5) is 0 Å². The SMILES string of the molecule is Cc1ccc(-c2cc(-c3cc4c([nH]3)CCNC4=O)ccn2)cc1. The smallest absolute Gasteiger partial charge is 0.253 e. The van der Waals surface area contributed by atoms with Crippen LogP contribution in [0.3, 0.4) is 0 Å². The fourth-order valence-corrected chi connectivity index (χ4v) is 2.93. The lowest BCUT2D eigenvalue weighted by Gasteiger charge is -2.10. The Morgan fingerprint density at radius 2 is 1.87 bits per heavy atom. The molecular weight excluding hydrogens is 286 g/mol. The molecule has 4 heteroatoms. The molecule has 2 N–H and O–H groups in total. The van der Waals surface area contributed by atoms with Gasteiger partial charge in [0.05, 0.1) is 11.3 Å². The molecule has 2 aromatic heterocycles. The molecular formula is C19H17N3O. The third kappa shape index (κ3) is 2.52. The summed E-state index contributed by atoms with van der Waals surface area (Å²) in [6.07, 6.45) is 2.65. The second kappa shape index (κ2) is 5.39. The number of H-pyrrole nitrogens is 1. The Bertz CT molecular complexity index is 878. The van der Waals surface area contributed by atoms with Gasteiger partial charge in [0.1, 0.15) is 0 Å². The van der Waals surface area contributed by atoms with Gasteiger partial charge in [-0.25, -0.2) is 0 Å². The summed E-state index contributed by atoms with van der Waals surface area (Å²) in [5.74, 6) is 0.00145. The summed E-state index contributed by atoms with van der Waals surface area (Å²) in [6, 6.07) is 14.3. The molecule has 3 heterocycles. The van der Waals surface area contributed by atoms with Crippen LogP contribution in [-0.2, 0) is 6.42 Å². The van der Waals surface area contributed by atoms with Crippen LogP contribution in [-0.4, -0.2) is 22.4 Å². The Labute approximate surface area is 134 Å². The quantitative estimate of drug-likeness (QED) is 0.763. The van der Waals surface area contributed by atoms with Crippen LogP contribution >= 0.6 is 0 Å². The zero-order chi connectivity index (χ0) is 15.8. The number of aromatic amines is 1. The molecule has 0 fully saturated rings. The molecule has 0 spiro atoms. The summed E-state index contributed by atoms with van der Waals surface area (Å²) in [4.78, 5) is 19.8. The first-order valence-corrected chi connectivity index (χ1v) is 7.74. The molecule has 1 aromatic carbocycles. The predicted molar refractivity (Wildman–Crippen MR) is 90.2 cm³/mol. The van der Waals surface area contributed by atoms with E-state index in [0.717, 1.165) is 40.2 Å². The molecule has 0 radical (unpaired) electrons. The van der Waals surface area contributed by atoms with Gasteiger partial charge < -0.3 is 10.3 Å². The predicted octanol–water partition coefficient (Wildman–Crippen LogP) is 3.34. The van der Waals surface area contributed by atoms with Gasteiger partial charge >= 0.3 is 0 Å². The number of fused-ring (bicyclic) bond motifs is 1. The van der Waals surface area contributed by atoms with Crippen molar-refractivity contribution >= 4 is 5.91 Å². The highest BCUT2D eigenvalue weighted by Gasteiger charge is 2.20. The van der Waals surface area contributed by atoms with Gasteiger partial charge in [-0.15, -0.1) is 0 Å². The van der Waals surface area contributed by atoms with Crippen molar-refractivity contribution in [2.24, 2.45) is 0 Å². The van der Waals surface area contributed by atoms with Crippen LogP contribution in [0.1, 0.15) is 21.6 Å². The molecule has 1 aliphatic heterocycles. The van der Waals surface area contributed by atoms with Crippen LogP contribution in [0.2, 0.25) is 0 Å². The van der Waals surface area contributed by atoms with E-state index in [1.807, 2.05) is 18.3 Å². The maximum atomic E-state index is 11.9. The number of aromatic nitrogens is 2. The van der Waals surface area contributed by atoms with E-state index in [1.54, 1.807) is 0 Å². The van der Waals surface area contributed by atoms with Crippen molar-refractivity contribution in [2.45, 2.75) is 13.3 Å². The van der Waals surface area contributed by atoms with E-state index in [4.69, 9.17) is 0 Å². The third-order valence-electron chi connectivity index (χ3n) is 4.22. The van der Waals surface area contributed by atoms with Gasteiger partial charge in [0.15, 0.2) is 0 Å². The number of nitrogens with one attached hydrogen (secondary N) is 2. The van der Waals surface area contributed by atoms with Crippen molar-refractivity contribution in [3.8, 4) is 22.5 Å². The fraction of sp³-hybridized carbons (Fsp3) is 0.158. The van der Waals surface area contributed by atoms with Gasteiger partial charge in [-0.05, 0) is 25.1 Å². The topological polar surface area (TPSA) is 57.8 Å². The number of rotatable bonds is 2. The number of nitrogens with zero attached hydrogens (tertiary/aromatic N) is 1. The van der Waals surface area contributed by atoms with Gasteiger partial charge in [-0.1, -0.05) is 29.8 Å². The van der Waals surface area contributed by atoms with Gasteiger partial charge in [0.2, 0.25) is 0 Å². The normalized spacial score (nSPS) is 13.5. The molecule has 0 unspecified atom stereocenters. The molecule has 4 rings (SSSR count). The number of aryl methyl sites for hydroxylation is 1. The number of hydrogen-bond acceptors (Lipinski definition) is 2. The summed E-state index contributed by atoms with van der Waals surface area (Å²) in [7, 11) is 0. The maximum absolute atomic E-state index is 11.9. The van der Waals surface area contributed by atoms with E-state index in [-0.39, 0.29) is 5.91 Å². The molecule has 0 atom stereocenters. The molecule has 23 heavy (non-hydrogen) atoms. The van der Waals surface area contributed by atoms with Gasteiger partial charge in [0.25, 0.3) is 5.91 Å². The minimum Gasteiger partial charge on any atom is -0.358 e. The monoisotopic (exact) mass is 303 g/mol. The fourth-order valence-electron chi connectivity index (χ4n) is 2.93. The summed E-state index contributed by atoms with van der Waals surface area (Å²) in [5.41, 5.74) is 7.01. The van der Waals surface area contributed by atoms with Gasteiger partial charge in [-0.2, -0.15) is 0 Å². The van der Waals surface area contributed by atoms with Crippen molar-refractivity contribution in [1.29, 1.82) is 0 Å². The van der Waals surface area contributed by atoms with Crippen molar-refractivity contribution in [3.63, 3.8) is 0 Å². The largest absolute Gasteiger partial charge is 0.358 e. The molecule has 0 aliphatic carbocycles. The minimum atomic E-state index is 0.00145. The van der Waals surface area contributed by atoms with Crippen LogP contribution in [0.15, 0.2) is 48.7 Å². The first-order valence-electron chi connectivity index (χ1n) is 7.74. The molecule has 1 aliphatic rings. The number of pyridine rings is 1. The van der Waals surface area contributed by atoms with Crippen molar-refractivity contribution in [2.75, 3.05) is 6.54 Å². The molecule has 0 saturated carbocycles. The minimum absolute atomic E-state index is 0.00145. The average Bonchev–Trinajstić information content (AvgIpc) is 3.01. The molecule has 0 saturated heterocycles. The van der Waals surface area contributed by atoms with E-state index < -0.39 is 0 Å². The zero-order valence-electron chi connectivity index (χ0n) is 12.9. The molecule has 3 aromatic rings. The summed E-state index contributed by atoms with van der Waals surface area (Å²) >= 11 is 0. The van der Waals surface area contributed by atoms with E-state index in [9.17, 15) is 4.79 Å². The zero-order valence-corrected chi connectivity index (χ0v) is 12.9. The molecule has 0 bridgehead atoms. The molecule has 1 amide bonds. The number of hydrogen-bond donors (Lipinski definition) is 2. The highest BCUT2D eigenvalue weighted by Crippen LogP contribution is 2.27. The summed E-state index contributed by atoms with van der Waals surface area (Å²) < 4.78 is 0. The highest BCUT2D eigenvalue weighted by molar-refractivity contribution is 5.97. The van der Waals surface area contributed by atoms with Crippen LogP contribution < -0.4 is 5.32 Å². The summed E-state index contributed by atoms with van der Waals surface area (Å²) in [5, 5.41) is 2.87. The lowest BCUT2D eigenvalue weighted by molar-refractivity contribution is 0.0946. The number of carbonyl (C=O) groups is 1. The van der Waals surface area contributed by atoms with Gasteiger partial charge in [-0.3, -0.25) is 9.78 Å². The van der Waals surface area contributed by atoms with Crippen molar-refractivity contribution < 1.29 is 4.79 Å². The van der Waals surface area contributed by atoms with E-state index >= 15 is 0 Å². The number of benzene rings is 1. The second-order valence-corrected chi connectivity index (χ2v) is 5.88. The van der Waals surface area contributed by atoms with Gasteiger partial charge in [0, 0.05) is 41.7 Å². The van der Waals surface area contributed by atoms with E-state index in [1.165, 1.54) is 5.56 Å². The number of carbonyl (C=O) groups excluding carboxylic acids is 1. The van der Waals surface area contributed by atoms with Crippen molar-refractivity contribution in [1.82, 2.24) is 15.3 Å². The Morgan fingerprint density at radius 3 is 2.65 bits per heavy atom. The second-order valence-electron chi connectivity index (χ2n) is 5.88. The highest BCUT2D eigenvalue weighted by atomic mass is 16.1. The Balaban J connectivity index is 1.74. The Hall–Kier alpha value is -2.88. The lowest BCUT2D eigenvalue weighted by Crippen LogP contribution is -2.31. The van der Waals surface area contributed by atoms with Crippen LogP contribution in [0.25, 0.3) is 22.5 Å². The van der Waals surface area contributed by atoms with Crippen molar-refractivity contribution in [3.05, 3.63) is 65.5 Å². The summed E-state index contributed by atoms with van der Waals surface area (Å²) in [6.45, 7) is 2.76.